The Hall–Kier alpha value is -2.21. The van der Waals surface area contributed by atoms with Gasteiger partial charge in [-0.25, -0.2) is 0 Å². The summed E-state index contributed by atoms with van der Waals surface area (Å²) in [5.74, 6) is 0.965. The summed E-state index contributed by atoms with van der Waals surface area (Å²) in [5.41, 5.74) is 3.50. The van der Waals surface area contributed by atoms with E-state index in [0.717, 1.165) is 36.2 Å². The SMILES string of the molecule is COc1cc([C@@H]2[C@H](c3ccccn3)N=C3S[C@H](C)CN32)ccc1N1CCCC1. The van der Waals surface area contributed by atoms with Crippen molar-refractivity contribution in [1.82, 2.24) is 9.88 Å². The van der Waals surface area contributed by atoms with Gasteiger partial charge in [-0.3, -0.25) is 9.98 Å². The van der Waals surface area contributed by atoms with Gasteiger partial charge in [0.05, 0.1) is 24.5 Å². The van der Waals surface area contributed by atoms with Gasteiger partial charge >= 0.3 is 0 Å². The summed E-state index contributed by atoms with van der Waals surface area (Å²) in [7, 11) is 1.78. The summed E-state index contributed by atoms with van der Waals surface area (Å²) in [5, 5.41) is 1.72. The van der Waals surface area contributed by atoms with Gasteiger partial charge in [-0.05, 0) is 42.7 Å². The van der Waals surface area contributed by atoms with E-state index in [1.807, 2.05) is 24.0 Å². The molecule has 6 heteroatoms. The maximum Gasteiger partial charge on any atom is 0.160 e. The molecule has 0 radical (unpaired) electrons. The van der Waals surface area contributed by atoms with Crippen molar-refractivity contribution >= 4 is 22.6 Å². The van der Waals surface area contributed by atoms with Gasteiger partial charge in [-0.2, -0.15) is 0 Å². The quantitative estimate of drug-likeness (QED) is 0.774. The first-order valence-corrected chi connectivity index (χ1v) is 11.0. The number of aliphatic imine (C=N–C) groups is 1. The van der Waals surface area contributed by atoms with E-state index in [2.05, 4.69) is 52.0 Å². The number of ether oxygens (including phenoxy) is 1. The number of amidine groups is 1. The fourth-order valence-electron chi connectivity index (χ4n) is 4.58. The van der Waals surface area contributed by atoms with Crippen molar-refractivity contribution in [2.75, 3.05) is 31.6 Å². The van der Waals surface area contributed by atoms with Crippen LogP contribution in [0.1, 0.15) is 43.1 Å². The zero-order valence-electron chi connectivity index (χ0n) is 16.4. The van der Waals surface area contributed by atoms with E-state index in [-0.39, 0.29) is 12.1 Å². The molecule has 4 heterocycles. The Labute approximate surface area is 170 Å². The molecule has 3 aliphatic heterocycles. The molecule has 0 amide bonds. The third kappa shape index (κ3) is 3.04. The molecule has 1 aromatic heterocycles. The van der Waals surface area contributed by atoms with Crippen molar-refractivity contribution in [2.24, 2.45) is 4.99 Å². The van der Waals surface area contributed by atoms with Gasteiger partial charge in [0, 0.05) is 31.1 Å². The third-order valence-corrected chi connectivity index (χ3v) is 6.98. The Morgan fingerprint density at radius 3 is 2.75 bits per heavy atom. The number of aromatic nitrogens is 1. The topological polar surface area (TPSA) is 41.0 Å². The number of anilines is 1. The normalized spacial score (nSPS) is 26.5. The first-order chi connectivity index (χ1) is 13.7. The number of rotatable bonds is 4. The summed E-state index contributed by atoms with van der Waals surface area (Å²) < 4.78 is 5.81. The molecule has 2 aromatic rings. The number of benzene rings is 1. The molecule has 3 aliphatic rings. The third-order valence-electron chi connectivity index (χ3n) is 5.87. The summed E-state index contributed by atoms with van der Waals surface area (Å²) in [6.07, 6.45) is 4.38. The lowest BCUT2D eigenvalue weighted by molar-refractivity contribution is 0.320. The van der Waals surface area contributed by atoms with Crippen molar-refractivity contribution in [3.05, 3.63) is 53.9 Å². The summed E-state index contributed by atoms with van der Waals surface area (Å²) in [6, 6.07) is 13.0. The molecule has 1 aromatic carbocycles. The van der Waals surface area contributed by atoms with Crippen LogP contribution in [-0.2, 0) is 0 Å². The molecule has 5 rings (SSSR count). The molecule has 0 spiro atoms. The highest BCUT2D eigenvalue weighted by molar-refractivity contribution is 8.14. The van der Waals surface area contributed by atoms with Crippen molar-refractivity contribution in [2.45, 2.75) is 37.1 Å². The zero-order chi connectivity index (χ0) is 19.1. The second-order valence-corrected chi connectivity index (χ2v) is 9.17. The van der Waals surface area contributed by atoms with Crippen molar-refractivity contribution in [3.63, 3.8) is 0 Å². The standard InChI is InChI=1S/C22H26N4OS/c1-15-14-26-21(20(24-22(26)28-15)17-7-3-4-10-23-17)16-8-9-18(19(13-16)27-2)25-11-5-6-12-25/h3-4,7-10,13,15,20-21H,5-6,11-12,14H2,1-2H3/t15-,20+,21-/m1/s1. The largest absolute Gasteiger partial charge is 0.495 e. The Balaban J connectivity index is 1.54. The highest BCUT2D eigenvalue weighted by atomic mass is 32.2. The van der Waals surface area contributed by atoms with Gasteiger partial charge < -0.3 is 14.5 Å². The molecule has 0 bridgehead atoms. The Morgan fingerprint density at radius 1 is 1.14 bits per heavy atom. The number of hydrogen-bond acceptors (Lipinski definition) is 6. The molecule has 2 saturated heterocycles. The molecule has 5 nitrogen and oxygen atoms in total. The smallest absolute Gasteiger partial charge is 0.160 e. The molecule has 28 heavy (non-hydrogen) atoms. The van der Waals surface area contributed by atoms with E-state index in [1.54, 1.807) is 7.11 Å². The van der Waals surface area contributed by atoms with Crippen LogP contribution in [-0.4, -0.2) is 47.0 Å². The number of hydrogen-bond donors (Lipinski definition) is 0. The van der Waals surface area contributed by atoms with Gasteiger partial charge in [0.2, 0.25) is 0 Å². The van der Waals surface area contributed by atoms with Crippen LogP contribution in [0.15, 0.2) is 47.6 Å². The summed E-state index contributed by atoms with van der Waals surface area (Å²) >= 11 is 1.88. The molecule has 3 atom stereocenters. The van der Waals surface area contributed by atoms with E-state index in [1.165, 1.54) is 24.1 Å². The number of fused-ring (bicyclic) bond motifs is 1. The molecular weight excluding hydrogens is 368 g/mol. The van der Waals surface area contributed by atoms with Gasteiger partial charge in [-0.15, -0.1) is 0 Å². The number of nitrogens with zero attached hydrogens (tertiary/aromatic N) is 4. The average molecular weight is 395 g/mol. The molecular formula is C22H26N4OS. The van der Waals surface area contributed by atoms with Crippen LogP contribution < -0.4 is 9.64 Å². The maximum absolute atomic E-state index is 5.81. The van der Waals surface area contributed by atoms with E-state index in [0.29, 0.717) is 5.25 Å². The minimum Gasteiger partial charge on any atom is -0.495 e. The fraction of sp³-hybridized carbons (Fsp3) is 0.455. The van der Waals surface area contributed by atoms with Crippen molar-refractivity contribution in [3.8, 4) is 5.75 Å². The summed E-state index contributed by atoms with van der Waals surface area (Å²) in [4.78, 5) is 14.6. The second kappa shape index (κ2) is 7.32. The van der Waals surface area contributed by atoms with Gasteiger partial charge in [0.1, 0.15) is 11.8 Å². The van der Waals surface area contributed by atoms with Crippen LogP contribution in [0.3, 0.4) is 0 Å². The molecule has 146 valence electrons. The highest BCUT2D eigenvalue weighted by Gasteiger charge is 2.43. The van der Waals surface area contributed by atoms with Crippen LogP contribution >= 0.6 is 11.8 Å². The Kier molecular flexibility index (Phi) is 4.67. The van der Waals surface area contributed by atoms with E-state index in [4.69, 9.17) is 9.73 Å². The molecule has 0 N–H and O–H groups in total. The number of methoxy groups -OCH3 is 1. The number of pyridine rings is 1. The first-order valence-electron chi connectivity index (χ1n) is 10.1. The lowest BCUT2D eigenvalue weighted by Gasteiger charge is -2.29. The fourth-order valence-corrected chi connectivity index (χ4v) is 5.67. The average Bonchev–Trinajstić information content (AvgIpc) is 3.44. The van der Waals surface area contributed by atoms with Gasteiger partial charge in [0.25, 0.3) is 0 Å². The highest BCUT2D eigenvalue weighted by Crippen LogP contribution is 2.48. The minimum atomic E-state index is 0.0264. The van der Waals surface area contributed by atoms with Gasteiger partial charge in [0.15, 0.2) is 5.17 Å². The Bertz CT molecular complexity index is 881. The van der Waals surface area contributed by atoms with Crippen LogP contribution in [0.4, 0.5) is 5.69 Å². The first kappa shape index (κ1) is 17.9. The van der Waals surface area contributed by atoms with E-state index < -0.39 is 0 Å². The predicted octanol–water partition coefficient (Wildman–Crippen LogP) is 4.28. The molecule has 0 saturated carbocycles. The monoisotopic (exact) mass is 394 g/mol. The van der Waals surface area contributed by atoms with Crippen LogP contribution in [0.5, 0.6) is 5.75 Å². The van der Waals surface area contributed by atoms with Gasteiger partial charge in [-0.1, -0.05) is 30.8 Å². The predicted molar refractivity (Wildman–Crippen MR) is 115 cm³/mol. The lowest BCUT2D eigenvalue weighted by atomic mass is 9.95. The van der Waals surface area contributed by atoms with Crippen molar-refractivity contribution in [1.29, 1.82) is 0 Å². The van der Waals surface area contributed by atoms with Crippen LogP contribution in [0.25, 0.3) is 0 Å². The van der Waals surface area contributed by atoms with E-state index in [9.17, 15) is 0 Å². The molecule has 2 fully saturated rings. The molecule has 0 unspecified atom stereocenters. The summed E-state index contributed by atoms with van der Waals surface area (Å²) in [6.45, 7) is 5.52. The molecule has 0 aliphatic carbocycles. The van der Waals surface area contributed by atoms with Crippen LogP contribution in [0.2, 0.25) is 0 Å². The zero-order valence-corrected chi connectivity index (χ0v) is 17.2. The lowest BCUT2D eigenvalue weighted by Crippen LogP contribution is -2.28. The van der Waals surface area contributed by atoms with E-state index >= 15 is 0 Å². The second-order valence-electron chi connectivity index (χ2n) is 7.76. The maximum atomic E-state index is 5.81. The van der Waals surface area contributed by atoms with Crippen LogP contribution in [0, 0.1) is 0 Å². The number of thioether (sulfide) groups is 1. The minimum absolute atomic E-state index is 0.0264. The van der Waals surface area contributed by atoms with Crippen molar-refractivity contribution < 1.29 is 4.74 Å². The Morgan fingerprint density at radius 2 is 2.00 bits per heavy atom.